The Hall–Kier alpha value is -0.770. The van der Waals surface area contributed by atoms with E-state index in [1.165, 1.54) is 70.8 Å². The van der Waals surface area contributed by atoms with Crippen LogP contribution >= 0.6 is 0 Å². The molecule has 4 heteroatoms. The van der Waals surface area contributed by atoms with E-state index in [4.69, 9.17) is 0 Å². The zero-order chi connectivity index (χ0) is 19.3. The van der Waals surface area contributed by atoms with Crippen molar-refractivity contribution in [2.24, 2.45) is 0 Å². The molecule has 0 aliphatic carbocycles. The van der Waals surface area contributed by atoms with E-state index < -0.39 is 0 Å². The smallest absolute Gasteiger partial charge is 0.320 e. The summed E-state index contributed by atoms with van der Waals surface area (Å²) < 4.78 is 1.15. The Balaban J connectivity index is 2.09. The second-order valence-corrected chi connectivity index (χ2v) is 8.41. The van der Waals surface area contributed by atoms with Gasteiger partial charge in [-0.3, -0.25) is 0 Å². The third kappa shape index (κ3) is 8.75. The van der Waals surface area contributed by atoms with Crippen LogP contribution < -0.4 is 0 Å². The predicted molar refractivity (Wildman–Crippen MR) is 113 cm³/mol. The van der Waals surface area contributed by atoms with E-state index in [1.54, 1.807) is 0 Å². The molecule has 154 valence electrons. The number of likely N-dealkylation sites (N-methyl/N-ethyl adjacent to an activating group) is 1. The van der Waals surface area contributed by atoms with Gasteiger partial charge < -0.3 is 14.3 Å². The zero-order valence-corrected chi connectivity index (χ0v) is 18.3. The second-order valence-electron chi connectivity index (χ2n) is 8.41. The molecule has 1 heterocycles. The first-order chi connectivity index (χ1) is 12.6. The van der Waals surface area contributed by atoms with Gasteiger partial charge in [-0.2, -0.15) is 0 Å². The molecule has 1 aliphatic rings. The molecule has 0 aromatic carbocycles. The molecule has 1 fully saturated rings. The minimum absolute atomic E-state index is 0.236. The van der Waals surface area contributed by atoms with E-state index in [0.717, 1.165) is 43.8 Å². The summed E-state index contributed by atoms with van der Waals surface area (Å²) in [6.07, 6.45) is 14.0. The first-order valence-corrected chi connectivity index (χ1v) is 11.4. The zero-order valence-electron chi connectivity index (χ0n) is 18.3. The standard InChI is InChI=1S/C22H46N3O/c1-5-8-9-10-11-12-13-14-15-16-19-25(4)20-17-24(18-21-25)22(26)23(6-2)7-3/h5-21H2,1-4H3/q+1. The fourth-order valence-electron chi connectivity index (χ4n) is 4.04. The highest BCUT2D eigenvalue weighted by Gasteiger charge is 2.31. The topological polar surface area (TPSA) is 23.6 Å². The minimum Gasteiger partial charge on any atom is -0.325 e. The van der Waals surface area contributed by atoms with Gasteiger partial charge in [-0.05, 0) is 26.7 Å². The number of amides is 2. The van der Waals surface area contributed by atoms with Crippen LogP contribution in [0.25, 0.3) is 0 Å². The number of unbranched alkanes of at least 4 members (excludes halogenated alkanes) is 9. The molecule has 0 bridgehead atoms. The summed E-state index contributed by atoms with van der Waals surface area (Å²) in [6.45, 7) is 13.4. The SMILES string of the molecule is CCCCCCCCCCCC[N+]1(C)CCN(C(=O)N(CC)CC)CC1. The molecule has 0 radical (unpaired) electrons. The van der Waals surface area contributed by atoms with Crippen LogP contribution in [-0.2, 0) is 0 Å². The van der Waals surface area contributed by atoms with Gasteiger partial charge in [0, 0.05) is 13.1 Å². The maximum Gasteiger partial charge on any atom is 0.320 e. The number of nitrogens with zero attached hydrogens (tertiary/aromatic N) is 3. The van der Waals surface area contributed by atoms with Crippen LogP contribution in [0.5, 0.6) is 0 Å². The van der Waals surface area contributed by atoms with Gasteiger partial charge in [0.05, 0.1) is 39.8 Å². The van der Waals surface area contributed by atoms with Crippen LogP contribution in [0.2, 0.25) is 0 Å². The Bertz CT molecular complexity index is 360. The van der Waals surface area contributed by atoms with Crippen LogP contribution in [0, 0.1) is 0 Å². The maximum absolute atomic E-state index is 12.5. The molecular formula is C22H46N3O+. The highest BCUT2D eigenvalue weighted by molar-refractivity contribution is 5.74. The number of quaternary nitrogens is 1. The first kappa shape index (κ1) is 23.3. The molecule has 1 saturated heterocycles. The van der Waals surface area contributed by atoms with Crippen LogP contribution in [0.4, 0.5) is 4.79 Å². The summed E-state index contributed by atoms with van der Waals surface area (Å²) in [4.78, 5) is 16.5. The molecule has 0 N–H and O–H groups in total. The molecule has 0 spiro atoms. The molecule has 2 amide bonds. The number of urea groups is 1. The average molecular weight is 369 g/mol. The van der Waals surface area contributed by atoms with Crippen molar-refractivity contribution in [2.45, 2.75) is 85.0 Å². The first-order valence-electron chi connectivity index (χ1n) is 11.4. The number of piperazine rings is 1. The second kappa shape index (κ2) is 13.4. The highest BCUT2D eigenvalue weighted by atomic mass is 16.2. The Labute approximate surface area is 163 Å². The molecule has 0 atom stereocenters. The van der Waals surface area contributed by atoms with Gasteiger partial charge in [0.2, 0.25) is 0 Å². The van der Waals surface area contributed by atoms with Gasteiger partial charge in [0.1, 0.15) is 0 Å². The number of carbonyl (C=O) groups excluding carboxylic acids is 1. The van der Waals surface area contributed by atoms with Gasteiger partial charge in [-0.15, -0.1) is 0 Å². The lowest BCUT2D eigenvalue weighted by Crippen LogP contribution is -2.60. The Kier molecular flexibility index (Phi) is 12.0. The quantitative estimate of drug-likeness (QED) is 0.326. The van der Waals surface area contributed by atoms with Crippen molar-refractivity contribution in [3.63, 3.8) is 0 Å². The molecular weight excluding hydrogens is 322 g/mol. The minimum atomic E-state index is 0.236. The van der Waals surface area contributed by atoms with E-state index in [1.807, 2.05) is 4.90 Å². The molecule has 4 nitrogen and oxygen atoms in total. The largest absolute Gasteiger partial charge is 0.325 e. The molecule has 0 aromatic heterocycles. The van der Waals surface area contributed by atoms with Crippen molar-refractivity contribution in [1.29, 1.82) is 0 Å². The number of hydrogen-bond acceptors (Lipinski definition) is 1. The van der Waals surface area contributed by atoms with Crippen LogP contribution in [-0.4, -0.2) is 73.2 Å². The average Bonchev–Trinajstić information content (AvgIpc) is 2.65. The van der Waals surface area contributed by atoms with Crippen LogP contribution in [0.15, 0.2) is 0 Å². The Morgan fingerprint density at radius 2 is 1.27 bits per heavy atom. The summed E-state index contributed by atoms with van der Waals surface area (Å²) in [6, 6.07) is 0.236. The van der Waals surface area contributed by atoms with Crippen molar-refractivity contribution < 1.29 is 9.28 Å². The van der Waals surface area contributed by atoms with Gasteiger partial charge in [-0.25, -0.2) is 4.79 Å². The van der Waals surface area contributed by atoms with E-state index >= 15 is 0 Å². The van der Waals surface area contributed by atoms with E-state index in [-0.39, 0.29) is 6.03 Å². The van der Waals surface area contributed by atoms with Gasteiger partial charge >= 0.3 is 6.03 Å². The van der Waals surface area contributed by atoms with Crippen molar-refractivity contribution >= 4 is 6.03 Å². The lowest BCUT2D eigenvalue weighted by atomic mass is 10.1. The lowest BCUT2D eigenvalue weighted by molar-refractivity contribution is -0.913. The fourth-order valence-corrected chi connectivity index (χ4v) is 4.04. The third-order valence-corrected chi connectivity index (χ3v) is 6.18. The number of hydrogen-bond donors (Lipinski definition) is 0. The Morgan fingerprint density at radius 3 is 1.73 bits per heavy atom. The van der Waals surface area contributed by atoms with Crippen LogP contribution in [0.3, 0.4) is 0 Å². The summed E-state index contributed by atoms with van der Waals surface area (Å²) in [5, 5.41) is 0. The highest BCUT2D eigenvalue weighted by Crippen LogP contribution is 2.15. The third-order valence-electron chi connectivity index (χ3n) is 6.18. The van der Waals surface area contributed by atoms with Crippen molar-refractivity contribution in [3.8, 4) is 0 Å². The summed E-state index contributed by atoms with van der Waals surface area (Å²) in [7, 11) is 2.38. The molecule has 26 heavy (non-hydrogen) atoms. The molecule has 1 aliphatic heterocycles. The van der Waals surface area contributed by atoms with E-state index in [9.17, 15) is 4.79 Å². The van der Waals surface area contributed by atoms with Gasteiger partial charge in [0.15, 0.2) is 0 Å². The molecule has 0 aromatic rings. The summed E-state index contributed by atoms with van der Waals surface area (Å²) in [5.41, 5.74) is 0. The molecule has 1 rings (SSSR count). The van der Waals surface area contributed by atoms with Crippen molar-refractivity contribution in [2.75, 3.05) is 52.9 Å². The number of carbonyl (C=O) groups is 1. The van der Waals surface area contributed by atoms with Crippen LogP contribution in [0.1, 0.15) is 85.0 Å². The van der Waals surface area contributed by atoms with Crippen molar-refractivity contribution in [3.05, 3.63) is 0 Å². The Morgan fingerprint density at radius 1 is 0.808 bits per heavy atom. The summed E-state index contributed by atoms with van der Waals surface area (Å²) >= 11 is 0. The maximum atomic E-state index is 12.5. The van der Waals surface area contributed by atoms with Crippen molar-refractivity contribution in [1.82, 2.24) is 9.80 Å². The number of rotatable bonds is 13. The molecule has 0 saturated carbocycles. The lowest BCUT2D eigenvalue weighted by Gasteiger charge is -2.43. The summed E-state index contributed by atoms with van der Waals surface area (Å²) in [5.74, 6) is 0. The van der Waals surface area contributed by atoms with E-state index in [0.29, 0.717) is 0 Å². The fraction of sp³-hybridized carbons (Fsp3) is 0.955. The molecule has 0 unspecified atom stereocenters. The predicted octanol–water partition coefficient (Wildman–Crippen LogP) is 5.13. The van der Waals surface area contributed by atoms with E-state index in [2.05, 4.69) is 32.7 Å². The monoisotopic (exact) mass is 368 g/mol. The normalized spacial score (nSPS) is 16.7. The van der Waals surface area contributed by atoms with Gasteiger partial charge in [-0.1, -0.05) is 58.3 Å². The van der Waals surface area contributed by atoms with Gasteiger partial charge in [0.25, 0.3) is 0 Å².